The molecule has 9 aromatic rings. The maximum atomic E-state index is 10.9. The molecule has 0 fully saturated rings. The highest BCUT2D eigenvalue weighted by atomic mass is 15.0. The molecule has 48 heavy (non-hydrogen) atoms. The highest BCUT2D eigenvalue weighted by Crippen LogP contribution is 2.43. The minimum atomic E-state index is 0.456. The molecular weight excluding hydrogens is 585 g/mol. The van der Waals surface area contributed by atoms with Crippen molar-refractivity contribution in [3.8, 4) is 45.8 Å². The first kappa shape index (κ1) is 27.4. The molecule has 0 radical (unpaired) electrons. The predicted octanol–water partition coefficient (Wildman–Crippen LogP) is 11.0. The maximum absolute atomic E-state index is 10.9. The summed E-state index contributed by atoms with van der Waals surface area (Å²) < 4.78 is 4.48. The third kappa shape index (κ3) is 3.94. The predicted molar refractivity (Wildman–Crippen MR) is 195 cm³/mol. The molecule has 0 bridgehead atoms. The lowest BCUT2D eigenvalue weighted by molar-refractivity contribution is 1.17. The van der Waals surface area contributed by atoms with E-state index in [0.717, 1.165) is 60.9 Å². The van der Waals surface area contributed by atoms with Crippen molar-refractivity contribution < 1.29 is 0 Å². The number of nitriles is 2. The minimum absolute atomic E-state index is 0.456. The zero-order valence-corrected chi connectivity index (χ0v) is 25.8. The fourth-order valence-electron chi connectivity index (χ4n) is 7.46. The molecule has 0 unspecified atom stereocenters. The van der Waals surface area contributed by atoms with Gasteiger partial charge in [-0.15, -0.1) is 0 Å². The van der Waals surface area contributed by atoms with Crippen LogP contribution in [-0.2, 0) is 0 Å². The molecule has 7 aromatic carbocycles. The fraction of sp³-hybridized carbons (Fsp3) is 0. The van der Waals surface area contributed by atoms with Gasteiger partial charge in [0.25, 0.3) is 0 Å². The van der Waals surface area contributed by atoms with Crippen LogP contribution in [0, 0.1) is 22.7 Å². The molecule has 2 heterocycles. The molecule has 4 nitrogen and oxygen atoms in total. The molecule has 0 saturated carbocycles. The Balaban J connectivity index is 1.35. The van der Waals surface area contributed by atoms with Crippen molar-refractivity contribution in [3.05, 3.63) is 169 Å². The number of benzene rings is 7. The summed E-state index contributed by atoms with van der Waals surface area (Å²) in [6, 6.07) is 58.8. The zero-order chi connectivity index (χ0) is 32.2. The molecule has 0 aliphatic carbocycles. The van der Waals surface area contributed by atoms with Gasteiger partial charge in [-0.1, -0.05) is 115 Å². The van der Waals surface area contributed by atoms with Crippen LogP contribution in [0.1, 0.15) is 11.1 Å². The number of para-hydroxylation sites is 5. The lowest BCUT2D eigenvalue weighted by atomic mass is 9.88. The van der Waals surface area contributed by atoms with Crippen molar-refractivity contribution in [3.63, 3.8) is 0 Å². The average molecular weight is 611 g/mol. The van der Waals surface area contributed by atoms with Gasteiger partial charge in [0.05, 0.1) is 50.6 Å². The molecule has 0 spiro atoms. The van der Waals surface area contributed by atoms with Crippen LogP contribution in [0.15, 0.2) is 158 Å². The second-order valence-electron chi connectivity index (χ2n) is 11.9. The van der Waals surface area contributed by atoms with E-state index >= 15 is 0 Å². The van der Waals surface area contributed by atoms with Gasteiger partial charge < -0.3 is 9.13 Å². The van der Waals surface area contributed by atoms with E-state index < -0.39 is 0 Å². The number of rotatable bonds is 4. The van der Waals surface area contributed by atoms with Gasteiger partial charge in [-0.3, -0.25) is 0 Å². The van der Waals surface area contributed by atoms with Crippen molar-refractivity contribution in [2.75, 3.05) is 0 Å². The van der Waals surface area contributed by atoms with Gasteiger partial charge >= 0.3 is 0 Å². The molecule has 0 aliphatic rings. The highest BCUT2D eigenvalue weighted by Gasteiger charge is 2.23. The Hall–Kier alpha value is -6.88. The summed E-state index contributed by atoms with van der Waals surface area (Å²) in [5.41, 5.74) is 10.4. The summed E-state index contributed by atoms with van der Waals surface area (Å²) in [6.45, 7) is 0. The van der Waals surface area contributed by atoms with Crippen molar-refractivity contribution in [1.29, 1.82) is 10.5 Å². The molecule has 0 saturated heterocycles. The fourth-order valence-corrected chi connectivity index (χ4v) is 7.46. The third-order valence-corrected chi connectivity index (χ3v) is 9.45. The molecule has 0 atom stereocenters. The van der Waals surface area contributed by atoms with Gasteiger partial charge in [-0.25, -0.2) is 0 Å². The average Bonchev–Trinajstić information content (AvgIpc) is 3.67. The molecule has 2 aromatic heterocycles. The van der Waals surface area contributed by atoms with Crippen LogP contribution in [0.3, 0.4) is 0 Å². The third-order valence-electron chi connectivity index (χ3n) is 9.45. The zero-order valence-electron chi connectivity index (χ0n) is 25.8. The van der Waals surface area contributed by atoms with Crippen LogP contribution in [0.2, 0.25) is 0 Å². The molecule has 0 amide bonds. The van der Waals surface area contributed by atoms with E-state index in [0.29, 0.717) is 16.7 Å². The molecule has 222 valence electrons. The van der Waals surface area contributed by atoms with Crippen LogP contribution in [0.4, 0.5) is 0 Å². The smallest absolute Gasteiger partial charge is 0.102 e. The Kier molecular flexibility index (Phi) is 6.22. The number of fused-ring (bicyclic) bond motifs is 6. The number of aromatic nitrogens is 2. The number of hydrogen-bond donors (Lipinski definition) is 0. The Labute approximate surface area is 277 Å². The first-order valence-corrected chi connectivity index (χ1v) is 15.9. The lowest BCUT2D eigenvalue weighted by Crippen LogP contribution is -2.03. The Morgan fingerprint density at radius 3 is 1.27 bits per heavy atom. The Morgan fingerprint density at radius 2 is 0.771 bits per heavy atom. The highest BCUT2D eigenvalue weighted by molar-refractivity contribution is 6.11. The van der Waals surface area contributed by atoms with Crippen LogP contribution < -0.4 is 0 Å². The topological polar surface area (TPSA) is 57.4 Å². The second-order valence-corrected chi connectivity index (χ2v) is 11.9. The Bertz CT molecular complexity index is 2710. The standard InChI is InChI=1S/C44H26N4/c45-27-29-25-26-43(48-41-23-11-6-17-34(41)35-18-7-12-24-42(35)48)37(28-46)44(29)36-19-2-1-13-30(36)31-14-3-8-20-38(31)47-39-21-9-4-15-32(39)33-16-5-10-22-40(33)47/h1-26H. The summed E-state index contributed by atoms with van der Waals surface area (Å²) >= 11 is 0. The summed E-state index contributed by atoms with van der Waals surface area (Å²) in [5.74, 6) is 0. The van der Waals surface area contributed by atoms with Gasteiger partial charge in [-0.05, 0) is 53.6 Å². The van der Waals surface area contributed by atoms with E-state index in [9.17, 15) is 10.5 Å². The van der Waals surface area contributed by atoms with Gasteiger partial charge in [0.1, 0.15) is 6.07 Å². The SMILES string of the molecule is N#Cc1ccc(-n2c3ccccc3c3ccccc32)c(C#N)c1-c1ccccc1-c1ccccc1-n1c2ccccc2c2ccccc21. The number of hydrogen-bond acceptors (Lipinski definition) is 2. The quantitative estimate of drug-likeness (QED) is 0.199. The molecule has 4 heteroatoms. The minimum Gasteiger partial charge on any atom is -0.309 e. The van der Waals surface area contributed by atoms with E-state index in [1.54, 1.807) is 0 Å². The molecule has 0 N–H and O–H groups in total. The normalized spacial score (nSPS) is 11.3. The van der Waals surface area contributed by atoms with Crippen molar-refractivity contribution in [2.24, 2.45) is 0 Å². The summed E-state index contributed by atoms with van der Waals surface area (Å²) in [7, 11) is 0. The lowest BCUT2D eigenvalue weighted by Gasteiger charge is -2.19. The van der Waals surface area contributed by atoms with E-state index in [1.807, 2.05) is 54.6 Å². The number of nitrogens with zero attached hydrogens (tertiary/aromatic N) is 4. The molecule has 0 aliphatic heterocycles. The summed E-state index contributed by atoms with van der Waals surface area (Å²) in [4.78, 5) is 0. The molecule has 9 rings (SSSR count). The first-order chi connectivity index (χ1) is 23.8. The monoisotopic (exact) mass is 610 g/mol. The van der Waals surface area contributed by atoms with E-state index in [-0.39, 0.29) is 0 Å². The van der Waals surface area contributed by atoms with Gasteiger partial charge in [0, 0.05) is 32.7 Å². The van der Waals surface area contributed by atoms with Crippen LogP contribution >= 0.6 is 0 Å². The van der Waals surface area contributed by atoms with Crippen LogP contribution in [0.5, 0.6) is 0 Å². The van der Waals surface area contributed by atoms with Gasteiger partial charge in [0.2, 0.25) is 0 Å². The molecular formula is C44H26N4. The van der Waals surface area contributed by atoms with Gasteiger partial charge in [0.15, 0.2) is 0 Å². The van der Waals surface area contributed by atoms with Gasteiger partial charge in [-0.2, -0.15) is 10.5 Å². The largest absolute Gasteiger partial charge is 0.309 e. The van der Waals surface area contributed by atoms with Crippen molar-refractivity contribution in [2.45, 2.75) is 0 Å². The van der Waals surface area contributed by atoms with Crippen LogP contribution in [-0.4, -0.2) is 9.13 Å². The summed E-state index contributed by atoms with van der Waals surface area (Å²) in [5, 5.41) is 26.1. The maximum Gasteiger partial charge on any atom is 0.102 e. The summed E-state index contributed by atoms with van der Waals surface area (Å²) in [6.07, 6.45) is 0. The van der Waals surface area contributed by atoms with E-state index in [2.05, 4.69) is 124 Å². The van der Waals surface area contributed by atoms with E-state index in [4.69, 9.17) is 0 Å². The van der Waals surface area contributed by atoms with Crippen LogP contribution in [0.25, 0.3) is 77.2 Å². The second kappa shape index (κ2) is 10.9. The van der Waals surface area contributed by atoms with Crippen molar-refractivity contribution >= 4 is 43.6 Å². The van der Waals surface area contributed by atoms with Crippen molar-refractivity contribution in [1.82, 2.24) is 9.13 Å². The first-order valence-electron chi connectivity index (χ1n) is 15.9. The Morgan fingerprint density at radius 1 is 0.354 bits per heavy atom. The van der Waals surface area contributed by atoms with E-state index in [1.165, 1.54) is 10.8 Å².